The van der Waals surface area contributed by atoms with Crippen molar-refractivity contribution in [2.24, 2.45) is 0 Å². The van der Waals surface area contributed by atoms with Gasteiger partial charge in [0.15, 0.2) is 0 Å². The molecule has 0 bridgehead atoms. The molecule has 0 aliphatic rings. The van der Waals surface area contributed by atoms with Gasteiger partial charge in [0.2, 0.25) is 0 Å². The minimum Gasteiger partial charge on any atom is -0.478 e. The summed E-state index contributed by atoms with van der Waals surface area (Å²) in [5.74, 6) is -1.09. The molecule has 0 radical (unpaired) electrons. The fraction of sp³-hybridized carbons (Fsp3) is 0.500. The van der Waals surface area contributed by atoms with E-state index in [4.69, 9.17) is 5.11 Å². The van der Waals surface area contributed by atoms with Crippen molar-refractivity contribution in [3.63, 3.8) is 0 Å². The number of hydrogen-bond donors (Lipinski definition) is 2. The van der Waals surface area contributed by atoms with Gasteiger partial charge in [0.1, 0.15) is 0 Å². The topological polar surface area (TPSA) is 101 Å². The first-order chi connectivity index (χ1) is 9.29. The molecule has 2 N–H and O–H groups in total. The Morgan fingerprint density at radius 2 is 1.55 bits per heavy atom. The summed E-state index contributed by atoms with van der Waals surface area (Å²) in [5, 5.41) is 28.0. The summed E-state index contributed by atoms with van der Waals surface area (Å²) in [6.45, 7) is 6.06. The Labute approximate surface area is 118 Å². The predicted octanol–water partition coefficient (Wildman–Crippen LogP) is 3.24. The first kappa shape index (κ1) is 18.0. The van der Waals surface area contributed by atoms with Crippen LogP contribution in [0.25, 0.3) is 0 Å². The Morgan fingerprint density at radius 1 is 1.15 bits per heavy atom. The minimum absolute atomic E-state index is 0.0422. The van der Waals surface area contributed by atoms with E-state index in [0.717, 1.165) is 31.4 Å². The van der Waals surface area contributed by atoms with Crippen LogP contribution in [0.1, 0.15) is 50.4 Å². The fourth-order valence-electron chi connectivity index (χ4n) is 1.48. The third-order valence-corrected chi connectivity index (χ3v) is 3.30. The third kappa shape index (κ3) is 5.79. The highest BCUT2D eigenvalue weighted by Gasteiger charge is 2.17. The highest BCUT2D eigenvalue weighted by atomic mass is 16.6. The summed E-state index contributed by atoms with van der Waals surface area (Å²) in [7, 11) is 0. The van der Waals surface area contributed by atoms with Crippen LogP contribution in [0.2, 0.25) is 0 Å². The van der Waals surface area contributed by atoms with Crippen molar-refractivity contribution in [2.45, 2.75) is 45.6 Å². The summed E-state index contributed by atoms with van der Waals surface area (Å²) < 4.78 is 0. The maximum absolute atomic E-state index is 10.3. The highest BCUT2D eigenvalue weighted by Crippen LogP contribution is 2.17. The van der Waals surface area contributed by atoms with Gasteiger partial charge in [-0.05, 0) is 31.4 Å². The number of carboxylic acids is 1. The van der Waals surface area contributed by atoms with Crippen LogP contribution in [-0.2, 0) is 0 Å². The van der Waals surface area contributed by atoms with Gasteiger partial charge in [0, 0.05) is 12.1 Å². The Hall–Kier alpha value is -1.95. The number of carbonyl (C=O) groups is 1. The number of nitro groups is 1. The molecular weight excluding hydrogens is 262 g/mol. The van der Waals surface area contributed by atoms with Gasteiger partial charge in [-0.2, -0.15) is 0 Å². The van der Waals surface area contributed by atoms with E-state index in [1.54, 1.807) is 0 Å². The average molecular weight is 283 g/mol. The van der Waals surface area contributed by atoms with Crippen LogP contribution in [0.4, 0.5) is 5.69 Å². The van der Waals surface area contributed by atoms with Gasteiger partial charge in [0.25, 0.3) is 5.69 Å². The number of hydrogen-bond acceptors (Lipinski definition) is 4. The second-order valence-electron chi connectivity index (χ2n) is 4.39. The maximum Gasteiger partial charge on any atom is 0.335 e. The molecule has 20 heavy (non-hydrogen) atoms. The van der Waals surface area contributed by atoms with Gasteiger partial charge in [-0.3, -0.25) is 10.1 Å². The molecule has 6 heteroatoms. The Balaban J connectivity index is 0.000000396. The van der Waals surface area contributed by atoms with Crippen molar-refractivity contribution in [3.8, 4) is 0 Å². The SMILES string of the molecule is CCC(O)(CC)CC.O=C(O)c1ccc([N+](=O)[O-])cc1. The van der Waals surface area contributed by atoms with Gasteiger partial charge in [-0.25, -0.2) is 4.79 Å². The molecule has 1 rings (SSSR count). The number of benzene rings is 1. The molecule has 1 aromatic rings. The van der Waals surface area contributed by atoms with Gasteiger partial charge in [0.05, 0.1) is 16.1 Å². The molecule has 0 spiro atoms. The lowest BCUT2D eigenvalue weighted by Gasteiger charge is -2.22. The Bertz CT molecular complexity index is 396. The lowest BCUT2D eigenvalue weighted by atomic mass is 9.95. The number of carboxylic acid groups (broad SMARTS) is 1. The zero-order valence-electron chi connectivity index (χ0n) is 12.0. The van der Waals surface area contributed by atoms with E-state index in [-0.39, 0.29) is 16.9 Å². The van der Waals surface area contributed by atoms with E-state index < -0.39 is 10.9 Å². The highest BCUT2D eigenvalue weighted by molar-refractivity contribution is 5.87. The summed E-state index contributed by atoms with van der Waals surface area (Å²) in [4.78, 5) is 19.9. The van der Waals surface area contributed by atoms with Crippen LogP contribution in [0.15, 0.2) is 24.3 Å². The first-order valence-corrected chi connectivity index (χ1v) is 6.49. The molecule has 112 valence electrons. The van der Waals surface area contributed by atoms with Crippen LogP contribution in [0, 0.1) is 10.1 Å². The van der Waals surface area contributed by atoms with E-state index in [1.807, 2.05) is 20.8 Å². The molecule has 0 amide bonds. The molecule has 0 saturated heterocycles. The van der Waals surface area contributed by atoms with E-state index in [0.29, 0.717) is 0 Å². The molecule has 0 aliphatic heterocycles. The summed E-state index contributed by atoms with van der Waals surface area (Å²) in [6, 6.07) is 4.70. The molecule has 0 fully saturated rings. The molecule has 0 atom stereocenters. The van der Waals surface area contributed by atoms with E-state index >= 15 is 0 Å². The monoisotopic (exact) mass is 283 g/mol. The van der Waals surface area contributed by atoms with Crippen molar-refractivity contribution in [2.75, 3.05) is 0 Å². The fourth-order valence-corrected chi connectivity index (χ4v) is 1.48. The van der Waals surface area contributed by atoms with Crippen LogP contribution < -0.4 is 0 Å². The average Bonchev–Trinajstić information content (AvgIpc) is 2.47. The number of rotatable bonds is 5. The number of nitro benzene ring substituents is 1. The lowest BCUT2D eigenvalue weighted by molar-refractivity contribution is -0.384. The van der Waals surface area contributed by atoms with Crippen LogP contribution in [-0.4, -0.2) is 26.7 Å². The van der Waals surface area contributed by atoms with Gasteiger partial charge in [-0.15, -0.1) is 0 Å². The third-order valence-electron chi connectivity index (χ3n) is 3.30. The first-order valence-electron chi connectivity index (χ1n) is 6.49. The number of non-ortho nitro benzene ring substituents is 1. The minimum atomic E-state index is -1.09. The van der Waals surface area contributed by atoms with E-state index in [2.05, 4.69) is 0 Å². The Kier molecular flexibility index (Phi) is 7.46. The second-order valence-corrected chi connectivity index (χ2v) is 4.39. The van der Waals surface area contributed by atoms with Crippen molar-refractivity contribution < 1.29 is 19.9 Å². The summed E-state index contributed by atoms with van der Waals surface area (Å²) in [5.41, 5.74) is -0.444. The molecule has 1 aromatic carbocycles. The summed E-state index contributed by atoms with van der Waals surface area (Å²) >= 11 is 0. The molecule has 0 unspecified atom stereocenters. The zero-order chi connectivity index (χ0) is 15.8. The standard InChI is InChI=1S/C7H5NO4.C7H16O/c9-7(10)5-1-3-6(4-2-5)8(11)12;1-4-7(8,5-2)6-3/h1-4H,(H,9,10);8H,4-6H2,1-3H3. The number of nitrogens with zero attached hydrogens (tertiary/aromatic N) is 1. The Morgan fingerprint density at radius 3 is 1.75 bits per heavy atom. The lowest BCUT2D eigenvalue weighted by Crippen LogP contribution is -2.24. The van der Waals surface area contributed by atoms with Crippen molar-refractivity contribution in [3.05, 3.63) is 39.9 Å². The molecule has 6 nitrogen and oxygen atoms in total. The second kappa shape index (κ2) is 8.27. The molecular formula is C14H21NO5. The maximum atomic E-state index is 10.3. The number of aromatic carboxylic acids is 1. The zero-order valence-corrected chi connectivity index (χ0v) is 12.0. The quantitative estimate of drug-likeness (QED) is 0.638. The van der Waals surface area contributed by atoms with Crippen molar-refractivity contribution in [1.82, 2.24) is 0 Å². The van der Waals surface area contributed by atoms with Crippen molar-refractivity contribution in [1.29, 1.82) is 0 Å². The van der Waals surface area contributed by atoms with Crippen molar-refractivity contribution >= 4 is 11.7 Å². The smallest absolute Gasteiger partial charge is 0.335 e. The van der Waals surface area contributed by atoms with Crippen LogP contribution in [0.5, 0.6) is 0 Å². The summed E-state index contributed by atoms with van der Waals surface area (Å²) in [6.07, 6.45) is 2.62. The molecule has 0 aliphatic carbocycles. The predicted molar refractivity (Wildman–Crippen MR) is 75.9 cm³/mol. The molecule has 0 saturated carbocycles. The largest absolute Gasteiger partial charge is 0.478 e. The van der Waals surface area contributed by atoms with Crippen LogP contribution >= 0.6 is 0 Å². The molecule has 0 heterocycles. The van der Waals surface area contributed by atoms with E-state index in [9.17, 15) is 20.0 Å². The van der Waals surface area contributed by atoms with Gasteiger partial charge in [-0.1, -0.05) is 20.8 Å². The normalized spacial score (nSPS) is 10.4. The molecule has 0 aromatic heterocycles. The van der Waals surface area contributed by atoms with Crippen LogP contribution in [0.3, 0.4) is 0 Å². The van der Waals surface area contributed by atoms with Gasteiger partial charge >= 0.3 is 5.97 Å². The van der Waals surface area contributed by atoms with Gasteiger partial charge < -0.3 is 10.2 Å². The van der Waals surface area contributed by atoms with E-state index in [1.165, 1.54) is 12.1 Å². The number of aliphatic hydroxyl groups is 1.